The van der Waals surface area contributed by atoms with Crippen molar-refractivity contribution in [3.05, 3.63) is 29.1 Å². The maximum Gasteiger partial charge on any atom is 0.261 e. The standard InChI is InChI=1S/C8H4Cl2FNO2S/c9-3-6-7(11)1-5(4-12)2-8(6)15(10,13)14/h1-2H,3H2. The summed E-state index contributed by atoms with van der Waals surface area (Å²) in [7, 11) is 0.977. The van der Waals surface area contributed by atoms with Gasteiger partial charge in [0.05, 0.1) is 22.4 Å². The van der Waals surface area contributed by atoms with E-state index in [-0.39, 0.29) is 17.0 Å². The SMILES string of the molecule is N#Cc1cc(F)c(CCl)c(S(=O)(=O)Cl)c1. The summed E-state index contributed by atoms with van der Waals surface area (Å²) in [5.74, 6) is -1.19. The second-order valence-electron chi connectivity index (χ2n) is 2.62. The van der Waals surface area contributed by atoms with Gasteiger partial charge >= 0.3 is 0 Å². The Hall–Kier alpha value is -0.830. The topological polar surface area (TPSA) is 57.9 Å². The average molecular weight is 268 g/mol. The van der Waals surface area contributed by atoms with Gasteiger partial charge in [-0.25, -0.2) is 12.8 Å². The molecule has 1 aromatic carbocycles. The molecule has 1 rings (SSSR count). The molecule has 3 nitrogen and oxygen atoms in total. The molecule has 0 amide bonds. The van der Waals surface area contributed by atoms with E-state index in [1.54, 1.807) is 6.07 Å². The molecule has 7 heteroatoms. The van der Waals surface area contributed by atoms with E-state index in [0.29, 0.717) is 0 Å². The van der Waals surface area contributed by atoms with Gasteiger partial charge in [-0.3, -0.25) is 0 Å². The summed E-state index contributed by atoms with van der Waals surface area (Å²) < 4.78 is 35.4. The minimum Gasteiger partial charge on any atom is -0.207 e. The quantitative estimate of drug-likeness (QED) is 0.611. The van der Waals surface area contributed by atoms with Gasteiger partial charge in [0.25, 0.3) is 9.05 Å². The van der Waals surface area contributed by atoms with Gasteiger partial charge in [-0.15, -0.1) is 11.6 Å². The molecule has 0 fully saturated rings. The predicted octanol–water partition coefficient (Wildman–Crippen LogP) is 2.36. The number of nitriles is 1. The Morgan fingerprint density at radius 2 is 2.07 bits per heavy atom. The predicted molar refractivity (Wildman–Crippen MR) is 53.7 cm³/mol. The van der Waals surface area contributed by atoms with E-state index in [1.165, 1.54) is 0 Å². The van der Waals surface area contributed by atoms with Crippen LogP contribution in [0.1, 0.15) is 11.1 Å². The van der Waals surface area contributed by atoms with Gasteiger partial charge in [0.2, 0.25) is 0 Å². The zero-order chi connectivity index (χ0) is 11.6. The van der Waals surface area contributed by atoms with E-state index in [2.05, 4.69) is 0 Å². The second kappa shape index (κ2) is 4.35. The fourth-order valence-electron chi connectivity index (χ4n) is 1.02. The van der Waals surface area contributed by atoms with E-state index in [9.17, 15) is 12.8 Å². The van der Waals surface area contributed by atoms with Crippen LogP contribution in [0.3, 0.4) is 0 Å². The molecular weight excluding hydrogens is 264 g/mol. The third kappa shape index (κ3) is 2.59. The van der Waals surface area contributed by atoms with Crippen LogP contribution in [-0.4, -0.2) is 8.42 Å². The second-order valence-corrected chi connectivity index (χ2v) is 5.42. The zero-order valence-corrected chi connectivity index (χ0v) is 9.50. The molecule has 0 heterocycles. The van der Waals surface area contributed by atoms with Crippen LogP contribution in [0.2, 0.25) is 0 Å². The summed E-state index contributed by atoms with van der Waals surface area (Å²) in [6, 6.07) is 3.52. The first kappa shape index (κ1) is 12.2. The lowest BCUT2D eigenvalue weighted by molar-refractivity contribution is 0.595. The van der Waals surface area contributed by atoms with Crippen molar-refractivity contribution in [1.82, 2.24) is 0 Å². The lowest BCUT2D eigenvalue weighted by atomic mass is 10.1. The normalized spacial score (nSPS) is 11.1. The van der Waals surface area contributed by atoms with Gasteiger partial charge < -0.3 is 0 Å². The van der Waals surface area contributed by atoms with Crippen molar-refractivity contribution in [3.8, 4) is 6.07 Å². The summed E-state index contributed by atoms with van der Waals surface area (Å²) in [6.45, 7) is 0. The van der Waals surface area contributed by atoms with Crippen molar-refractivity contribution in [3.63, 3.8) is 0 Å². The van der Waals surface area contributed by atoms with Gasteiger partial charge in [0.1, 0.15) is 5.82 Å². The van der Waals surface area contributed by atoms with Crippen LogP contribution >= 0.6 is 22.3 Å². The third-order valence-corrected chi connectivity index (χ3v) is 3.34. The molecule has 15 heavy (non-hydrogen) atoms. The molecule has 0 radical (unpaired) electrons. The van der Waals surface area contributed by atoms with Crippen LogP contribution in [0.5, 0.6) is 0 Å². The first-order valence-corrected chi connectivity index (χ1v) is 6.47. The highest BCUT2D eigenvalue weighted by Gasteiger charge is 2.19. The molecule has 0 N–H and O–H groups in total. The highest BCUT2D eigenvalue weighted by Crippen LogP contribution is 2.25. The van der Waals surface area contributed by atoms with Gasteiger partial charge in [-0.2, -0.15) is 5.26 Å². The molecule has 80 valence electrons. The molecule has 0 aromatic heterocycles. The van der Waals surface area contributed by atoms with Crippen molar-refractivity contribution < 1.29 is 12.8 Å². The van der Waals surface area contributed by atoms with Crippen LogP contribution in [0.25, 0.3) is 0 Å². The lowest BCUT2D eigenvalue weighted by Gasteiger charge is -2.05. The van der Waals surface area contributed by atoms with Gasteiger partial charge in [-0.05, 0) is 12.1 Å². The zero-order valence-electron chi connectivity index (χ0n) is 7.17. The first-order chi connectivity index (χ1) is 6.90. The molecule has 0 saturated carbocycles. The van der Waals surface area contributed by atoms with E-state index < -0.39 is 19.8 Å². The van der Waals surface area contributed by atoms with Crippen molar-refractivity contribution >= 4 is 31.3 Å². The van der Waals surface area contributed by atoms with Gasteiger partial charge in [0, 0.05) is 16.2 Å². The first-order valence-electron chi connectivity index (χ1n) is 3.63. The number of rotatable bonds is 2. The Kier molecular flexibility index (Phi) is 3.55. The Balaban J connectivity index is 3.63. The number of halogens is 3. The minimum absolute atomic E-state index is 0.124. The van der Waals surface area contributed by atoms with Gasteiger partial charge in [0.15, 0.2) is 0 Å². The summed E-state index contributed by atoms with van der Waals surface area (Å²) in [5.41, 5.74) is -0.355. The highest BCUT2D eigenvalue weighted by atomic mass is 35.7. The largest absolute Gasteiger partial charge is 0.261 e. The highest BCUT2D eigenvalue weighted by molar-refractivity contribution is 8.13. The third-order valence-electron chi connectivity index (χ3n) is 1.68. The molecule has 0 spiro atoms. The van der Waals surface area contributed by atoms with Crippen LogP contribution < -0.4 is 0 Å². The number of alkyl halides is 1. The summed E-state index contributed by atoms with van der Waals surface area (Å²) >= 11 is 5.39. The van der Waals surface area contributed by atoms with E-state index in [1.807, 2.05) is 0 Å². The Morgan fingerprint density at radius 3 is 2.47 bits per heavy atom. The number of hydrogen-bond donors (Lipinski definition) is 0. The molecule has 0 unspecified atom stereocenters. The fourth-order valence-corrected chi connectivity index (χ4v) is 2.52. The number of nitrogens with zero attached hydrogens (tertiary/aromatic N) is 1. The maximum absolute atomic E-state index is 13.3. The van der Waals surface area contributed by atoms with Crippen molar-refractivity contribution in [1.29, 1.82) is 5.26 Å². The molecular formula is C8H4Cl2FNO2S. The maximum atomic E-state index is 13.3. The van der Waals surface area contributed by atoms with Crippen molar-refractivity contribution in [2.45, 2.75) is 10.8 Å². The molecule has 0 aliphatic carbocycles. The summed E-state index contributed by atoms with van der Waals surface area (Å²) in [4.78, 5) is -0.462. The molecule has 0 aliphatic rings. The smallest absolute Gasteiger partial charge is 0.207 e. The molecule has 0 atom stereocenters. The van der Waals surface area contributed by atoms with Crippen LogP contribution in [0.4, 0.5) is 4.39 Å². The van der Waals surface area contributed by atoms with E-state index in [0.717, 1.165) is 12.1 Å². The monoisotopic (exact) mass is 267 g/mol. The van der Waals surface area contributed by atoms with Crippen molar-refractivity contribution in [2.24, 2.45) is 0 Å². The number of benzene rings is 1. The average Bonchev–Trinajstić information content (AvgIpc) is 2.15. The molecule has 1 aromatic rings. The van der Waals surface area contributed by atoms with Crippen molar-refractivity contribution in [2.75, 3.05) is 0 Å². The Labute approximate surface area is 95.5 Å². The van der Waals surface area contributed by atoms with E-state index >= 15 is 0 Å². The van der Waals surface area contributed by atoms with E-state index in [4.69, 9.17) is 27.5 Å². The fraction of sp³-hybridized carbons (Fsp3) is 0.125. The Bertz CT molecular complexity index is 536. The number of hydrogen-bond acceptors (Lipinski definition) is 3. The van der Waals surface area contributed by atoms with Crippen LogP contribution in [0.15, 0.2) is 17.0 Å². The molecule has 0 saturated heterocycles. The Morgan fingerprint density at radius 1 is 1.47 bits per heavy atom. The van der Waals surface area contributed by atoms with Crippen LogP contribution in [0, 0.1) is 17.1 Å². The van der Waals surface area contributed by atoms with Gasteiger partial charge in [-0.1, -0.05) is 0 Å². The molecule has 0 aliphatic heterocycles. The minimum atomic E-state index is -4.10. The summed E-state index contributed by atoms with van der Waals surface area (Å²) in [5, 5.41) is 8.53. The lowest BCUT2D eigenvalue weighted by Crippen LogP contribution is -2.01. The summed E-state index contributed by atoms with van der Waals surface area (Å²) in [6.07, 6.45) is 0. The molecule has 0 bridgehead atoms. The van der Waals surface area contributed by atoms with Crippen LogP contribution in [-0.2, 0) is 14.9 Å².